The molecule has 1 aromatic heterocycles. The number of ketones is 1. The van der Waals surface area contributed by atoms with Gasteiger partial charge in [-0.3, -0.25) is 14.5 Å². The Morgan fingerprint density at radius 2 is 1.98 bits per heavy atom. The topological polar surface area (TPSA) is 102 Å². The number of amides is 1. The number of carbonyl (C=O) groups is 2. The zero-order chi connectivity index (χ0) is 31.0. The summed E-state index contributed by atoms with van der Waals surface area (Å²) >= 11 is 14.9. The molecule has 2 aliphatic heterocycles. The van der Waals surface area contributed by atoms with E-state index in [1.165, 1.54) is 28.0 Å². The van der Waals surface area contributed by atoms with Crippen LogP contribution in [0.25, 0.3) is 5.76 Å². The van der Waals surface area contributed by atoms with E-state index < -0.39 is 17.7 Å². The van der Waals surface area contributed by atoms with E-state index in [0.29, 0.717) is 50.0 Å². The first-order valence-electron chi connectivity index (χ1n) is 14.0. The molecule has 6 rings (SSSR count). The summed E-state index contributed by atoms with van der Waals surface area (Å²) in [5.74, 6) is -0.0466. The van der Waals surface area contributed by atoms with Gasteiger partial charge in [-0.25, -0.2) is 0 Å². The maximum absolute atomic E-state index is 13.7. The number of hydrogen-bond donors (Lipinski definition) is 1. The largest absolute Gasteiger partial charge is 0.507 e. The summed E-state index contributed by atoms with van der Waals surface area (Å²) in [6.45, 7) is 4.48. The van der Waals surface area contributed by atoms with Crippen molar-refractivity contribution in [2.75, 3.05) is 11.5 Å². The Kier molecular flexibility index (Phi) is 8.87. The van der Waals surface area contributed by atoms with Gasteiger partial charge in [0.1, 0.15) is 23.4 Å². The number of rotatable bonds is 9. The van der Waals surface area contributed by atoms with Crippen molar-refractivity contribution in [2.24, 2.45) is 0 Å². The molecule has 44 heavy (non-hydrogen) atoms. The molecule has 0 saturated carbocycles. The van der Waals surface area contributed by atoms with E-state index in [4.69, 9.17) is 32.7 Å². The fraction of sp³-hybridized carbons (Fsp3) is 0.250. The first kappa shape index (κ1) is 30.5. The lowest BCUT2D eigenvalue weighted by Gasteiger charge is -2.23. The second-order valence-electron chi connectivity index (χ2n) is 10.4. The van der Waals surface area contributed by atoms with Crippen LogP contribution < -0.4 is 14.4 Å². The molecule has 0 aliphatic carbocycles. The number of aliphatic hydroxyl groups excluding tert-OH is 1. The summed E-state index contributed by atoms with van der Waals surface area (Å²) in [5.41, 5.74) is 2.78. The zero-order valence-electron chi connectivity index (χ0n) is 23.8. The van der Waals surface area contributed by atoms with Gasteiger partial charge in [0.2, 0.25) is 5.13 Å². The van der Waals surface area contributed by atoms with Crippen molar-refractivity contribution in [2.45, 2.75) is 48.9 Å². The van der Waals surface area contributed by atoms with Gasteiger partial charge in [0.05, 0.1) is 18.2 Å². The number of carbonyl (C=O) groups excluding carboxylic acids is 2. The van der Waals surface area contributed by atoms with E-state index in [2.05, 4.69) is 10.2 Å². The molecular formula is C32H27Cl2N3O5S2. The van der Waals surface area contributed by atoms with E-state index >= 15 is 0 Å². The van der Waals surface area contributed by atoms with Crippen LogP contribution in [-0.2, 0) is 21.8 Å². The van der Waals surface area contributed by atoms with E-state index in [9.17, 15) is 14.7 Å². The van der Waals surface area contributed by atoms with Crippen LogP contribution in [0.5, 0.6) is 11.5 Å². The molecule has 0 spiro atoms. The highest BCUT2D eigenvalue weighted by Gasteiger charge is 2.48. The van der Waals surface area contributed by atoms with Gasteiger partial charge in [-0.1, -0.05) is 71.4 Å². The quantitative estimate of drug-likeness (QED) is 0.0632. The number of aromatic nitrogens is 2. The minimum absolute atomic E-state index is 0.0130. The second-order valence-corrected chi connectivity index (χ2v) is 13.4. The summed E-state index contributed by atoms with van der Waals surface area (Å²) in [5, 5.41) is 21.5. The van der Waals surface area contributed by atoms with Crippen LogP contribution >= 0.6 is 46.3 Å². The maximum atomic E-state index is 13.7. The molecule has 0 bridgehead atoms. The van der Waals surface area contributed by atoms with Gasteiger partial charge in [-0.15, -0.1) is 10.2 Å². The number of aliphatic hydroxyl groups is 1. The maximum Gasteiger partial charge on any atom is 0.301 e. The van der Waals surface area contributed by atoms with E-state index in [1.807, 2.05) is 26.0 Å². The predicted molar refractivity (Wildman–Crippen MR) is 173 cm³/mol. The van der Waals surface area contributed by atoms with Gasteiger partial charge >= 0.3 is 5.91 Å². The van der Waals surface area contributed by atoms with E-state index in [0.717, 1.165) is 23.3 Å². The minimum Gasteiger partial charge on any atom is -0.507 e. The summed E-state index contributed by atoms with van der Waals surface area (Å²) < 4.78 is 12.2. The number of anilines is 1. The summed E-state index contributed by atoms with van der Waals surface area (Å²) in [4.78, 5) is 28.7. The first-order valence-corrected chi connectivity index (χ1v) is 16.5. The smallest absolute Gasteiger partial charge is 0.301 e. The Balaban J connectivity index is 1.39. The Morgan fingerprint density at radius 1 is 1.14 bits per heavy atom. The lowest BCUT2D eigenvalue weighted by Crippen LogP contribution is -2.29. The zero-order valence-corrected chi connectivity index (χ0v) is 26.9. The molecule has 1 amide bonds. The van der Waals surface area contributed by atoms with Crippen LogP contribution in [0.4, 0.5) is 5.13 Å². The molecule has 226 valence electrons. The summed E-state index contributed by atoms with van der Waals surface area (Å²) in [7, 11) is 0. The molecule has 8 nitrogen and oxygen atoms in total. The van der Waals surface area contributed by atoms with Gasteiger partial charge < -0.3 is 14.6 Å². The Labute approximate surface area is 272 Å². The molecule has 2 aliphatic rings. The molecule has 1 saturated heterocycles. The average Bonchev–Trinajstić information content (AvgIpc) is 3.70. The van der Waals surface area contributed by atoms with Crippen molar-refractivity contribution < 1.29 is 24.2 Å². The van der Waals surface area contributed by atoms with Crippen molar-refractivity contribution in [1.82, 2.24) is 10.2 Å². The number of Topliss-reactive ketones (excluding diaryl/α,β-unsaturated/α-hetero) is 1. The molecule has 3 heterocycles. The molecule has 4 aromatic rings. The van der Waals surface area contributed by atoms with Gasteiger partial charge in [0, 0.05) is 27.8 Å². The Hall–Kier alpha value is -3.57. The van der Waals surface area contributed by atoms with Crippen molar-refractivity contribution >= 4 is 68.9 Å². The van der Waals surface area contributed by atoms with E-state index in [-0.39, 0.29) is 22.6 Å². The number of nitrogens with zero attached hydrogens (tertiary/aromatic N) is 3. The first-order chi connectivity index (χ1) is 21.2. The van der Waals surface area contributed by atoms with Crippen LogP contribution in [0.15, 0.2) is 70.6 Å². The normalized spacial score (nSPS) is 18.9. The summed E-state index contributed by atoms with van der Waals surface area (Å²) in [6, 6.07) is 16.8. The van der Waals surface area contributed by atoms with Gasteiger partial charge in [-0.05, 0) is 72.5 Å². The number of ether oxygens (including phenoxy) is 2. The fourth-order valence-electron chi connectivity index (χ4n) is 5.20. The van der Waals surface area contributed by atoms with Crippen LogP contribution in [-0.4, -0.2) is 39.7 Å². The number of fused-ring (bicyclic) bond motifs is 1. The molecular weight excluding hydrogens is 641 g/mol. The molecule has 12 heteroatoms. The number of halogens is 2. The monoisotopic (exact) mass is 667 g/mol. The second kappa shape index (κ2) is 12.8. The fourth-order valence-corrected chi connectivity index (χ4v) is 7.63. The van der Waals surface area contributed by atoms with Crippen molar-refractivity contribution in [3.05, 3.63) is 98.5 Å². The van der Waals surface area contributed by atoms with Gasteiger partial charge in [-0.2, -0.15) is 0 Å². The lowest BCUT2D eigenvalue weighted by atomic mass is 9.94. The standard InChI is InChI=1S/C32H27Cl2N3O5S2/c1-3-11-41-23-6-4-5-18(14-23)27-26(28(38)19-8-10-25-21(13-19)12-17(2)42-25)29(39)30(40)37(27)31-35-36-32(44-31)43-16-20-7-9-22(33)15-24(20)34/h4-10,13-15,17,27,38H,3,11-12,16H2,1-2H3/t17-,27+/m0/s1. The van der Waals surface area contributed by atoms with Crippen molar-refractivity contribution in [3.8, 4) is 11.5 Å². The van der Waals surface area contributed by atoms with Crippen LogP contribution in [0.3, 0.4) is 0 Å². The minimum atomic E-state index is -0.958. The number of hydrogen-bond acceptors (Lipinski definition) is 9. The lowest BCUT2D eigenvalue weighted by molar-refractivity contribution is -0.132. The van der Waals surface area contributed by atoms with Crippen LogP contribution in [0.2, 0.25) is 10.0 Å². The number of thioether (sulfide) groups is 1. The summed E-state index contributed by atoms with van der Waals surface area (Å²) in [6.07, 6.45) is 1.51. The highest BCUT2D eigenvalue weighted by molar-refractivity contribution is 8.00. The number of benzene rings is 3. The molecule has 0 unspecified atom stereocenters. The highest BCUT2D eigenvalue weighted by atomic mass is 35.5. The molecule has 1 fully saturated rings. The van der Waals surface area contributed by atoms with Crippen molar-refractivity contribution in [1.29, 1.82) is 0 Å². The van der Waals surface area contributed by atoms with Crippen LogP contribution in [0, 0.1) is 0 Å². The average molecular weight is 669 g/mol. The van der Waals surface area contributed by atoms with Crippen molar-refractivity contribution in [3.63, 3.8) is 0 Å². The third kappa shape index (κ3) is 6.04. The highest BCUT2D eigenvalue weighted by Crippen LogP contribution is 2.45. The molecule has 1 N–H and O–H groups in total. The van der Waals surface area contributed by atoms with Gasteiger partial charge in [0.15, 0.2) is 4.34 Å². The van der Waals surface area contributed by atoms with Gasteiger partial charge in [0.25, 0.3) is 5.78 Å². The third-order valence-corrected chi connectivity index (χ3v) is 9.92. The molecule has 3 aromatic carbocycles. The SMILES string of the molecule is CCCOc1cccc([C@@H]2C(=C(O)c3ccc4c(c3)C[C@H](C)O4)C(=O)C(=O)N2c2nnc(SCc3ccc(Cl)cc3Cl)s2)c1. The Morgan fingerprint density at radius 3 is 2.77 bits per heavy atom. The molecule has 0 radical (unpaired) electrons. The van der Waals surface area contributed by atoms with Crippen LogP contribution in [0.1, 0.15) is 48.6 Å². The Bertz CT molecular complexity index is 1790. The molecule has 2 atom stereocenters. The third-order valence-electron chi connectivity index (χ3n) is 7.23. The predicted octanol–water partition coefficient (Wildman–Crippen LogP) is 7.88. The van der Waals surface area contributed by atoms with E-state index in [1.54, 1.807) is 48.5 Å².